The van der Waals surface area contributed by atoms with Crippen LogP contribution < -0.4 is 0 Å². The third kappa shape index (κ3) is 16.6. The smallest absolute Gasteiger partial charge is 0.124 e. The summed E-state index contributed by atoms with van der Waals surface area (Å²) in [6.07, 6.45) is 15.1. The first kappa shape index (κ1) is 30.4. The molecule has 0 radical (unpaired) electrons. The van der Waals surface area contributed by atoms with Crippen LogP contribution in [0, 0.1) is 6.92 Å². The van der Waals surface area contributed by atoms with E-state index in [-0.39, 0.29) is 4.90 Å². The van der Waals surface area contributed by atoms with Gasteiger partial charge in [0.05, 0.1) is 31.6 Å². The van der Waals surface area contributed by atoms with Crippen molar-refractivity contribution < 1.29 is 17.5 Å². The molecule has 182 valence electrons. The van der Waals surface area contributed by atoms with Gasteiger partial charge >= 0.3 is 0 Å². The molecule has 31 heavy (non-hydrogen) atoms. The molecule has 0 aromatic heterocycles. The van der Waals surface area contributed by atoms with Gasteiger partial charge in [-0.25, -0.2) is 8.42 Å². The highest BCUT2D eigenvalue weighted by Gasteiger charge is 2.19. The van der Waals surface area contributed by atoms with Crippen molar-refractivity contribution in [3.8, 4) is 0 Å². The predicted octanol–water partition coefficient (Wildman–Crippen LogP) is 6.90. The zero-order valence-electron chi connectivity index (χ0n) is 20.4. The summed E-state index contributed by atoms with van der Waals surface area (Å²) in [5.41, 5.74) is 0.928. The molecule has 1 unspecified atom stereocenters. The summed E-state index contributed by atoms with van der Waals surface area (Å²) >= 11 is 5.83. The standard InChI is InChI=1S/C18H39ClN.C7H8O3S/c1-4-6-8-9-10-13-17-20(3,16-12-7-5-2)18-14-11-15-19;1-6-2-4-7(5-3-6)11(8,9)10/h4-18H2,1-3H3;2-5H,1H3,(H,8,9,10)/q+1;/p-1. The van der Waals surface area contributed by atoms with Crippen LogP contribution in [0.1, 0.15) is 90.0 Å². The lowest BCUT2D eigenvalue weighted by Gasteiger charge is -2.35. The van der Waals surface area contributed by atoms with Crippen LogP contribution in [0.3, 0.4) is 0 Å². The molecule has 0 spiro atoms. The fraction of sp³-hybridized carbons (Fsp3) is 0.760. The van der Waals surface area contributed by atoms with Crippen LogP contribution in [-0.4, -0.2) is 50.0 Å². The van der Waals surface area contributed by atoms with E-state index >= 15 is 0 Å². The molecule has 0 fully saturated rings. The summed E-state index contributed by atoms with van der Waals surface area (Å²) < 4.78 is 32.4. The zero-order chi connectivity index (χ0) is 23.6. The Morgan fingerprint density at radius 3 is 1.68 bits per heavy atom. The van der Waals surface area contributed by atoms with Crippen molar-refractivity contribution in [2.45, 2.75) is 96.3 Å². The lowest BCUT2D eigenvalue weighted by atomic mass is 10.1. The van der Waals surface area contributed by atoms with Gasteiger partial charge in [-0.05, 0) is 57.6 Å². The fourth-order valence-electron chi connectivity index (χ4n) is 3.65. The van der Waals surface area contributed by atoms with Gasteiger partial charge in [-0.2, -0.15) is 0 Å². The van der Waals surface area contributed by atoms with Crippen LogP contribution in [-0.2, 0) is 10.1 Å². The van der Waals surface area contributed by atoms with E-state index in [0.29, 0.717) is 0 Å². The molecule has 1 aromatic rings. The summed E-state index contributed by atoms with van der Waals surface area (Å²) in [6, 6.07) is 5.78. The van der Waals surface area contributed by atoms with Crippen molar-refractivity contribution in [1.29, 1.82) is 0 Å². The molecule has 0 aliphatic heterocycles. The average molecular weight is 476 g/mol. The molecule has 0 amide bonds. The minimum absolute atomic E-state index is 0.178. The predicted molar refractivity (Wildman–Crippen MR) is 133 cm³/mol. The van der Waals surface area contributed by atoms with Crippen LogP contribution in [0.25, 0.3) is 0 Å². The average Bonchev–Trinajstić information content (AvgIpc) is 2.71. The van der Waals surface area contributed by atoms with Gasteiger partial charge in [0, 0.05) is 5.88 Å². The molecule has 0 aliphatic rings. The van der Waals surface area contributed by atoms with Gasteiger partial charge in [-0.3, -0.25) is 0 Å². The van der Waals surface area contributed by atoms with Crippen molar-refractivity contribution in [2.24, 2.45) is 0 Å². The first-order chi connectivity index (χ1) is 14.7. The minimum atomic E-state index is -4.27. The zero-order valence-corrected chi connectivity index (χ0v) is 21.9. The number of aryl methyl sites for hydroxylation is 1. The van der Waals surface area contributed by atoms with E-state index in [1.165, 1.54) is 107 Å². The van der Waals surface area contributed by atoms with Crippen LogP contribution in [0.5, 0.6) is 0 Å². The Labute approximate surface area is 197 Å². The highest BCUT2D eigenvalue weighted by atomic mass is 35.5. The molecule has 0 saturated carbocycles. The quantitative estimate of drug-likeness (QED) is 0.113. The van der Waals surface area contributed by atoms with Gasteiger partial charge in [-0.15, -0.1) is 11.6 Å². The number of nitrogens with zero attached hydrogens (tertiary/aromatic N) is 1. The molecule has 0 heterocycles. The molecule has 1 aromatic carbocycles. The van der Waals surface area contributed by atoms with E-state index in [4.69, 9.17) is 11.6 Å². The number of alkyl halides is 1. The maximum Gasteiger partial charge on any atom is 0.124 e. The Bertz CT molecular complexity index is 637. The van der Waals surface area contributed by atoms with Crippen molar-refractivity contribution >= 4 is 21.7 Å². The number of hydrogen-bond acceptors (Lipinski definition) is 3. The third-order valence-corrected chi connectivity index (χ3v) is 6.86. The number of hydrogen-bond donors (Lipinski definition) is 0. The minimum Gasteiger partial charge on any atom is -0.744 e. The van der Waals surface area contributed by atoms with Crippen molar-refractivity contribution in [2.75, 3.05) is 32.6 Å². The second-order valence-corrected chi connectivity index (χ2v) is 10.7. The number of quaternary nitrogens is 1. The maximum absolute atomic E-state index is 10.4. The van der Waals surface area contributed by atoms with E-state index in [2.05, 4.69) is 20.9 Å². The Morgan fingerprint density at radius 1 is 0.774 bits per heavy atom. The molecule has 6 heteroatoms. The van der Waals surface area contributed by atoms with E-state index < -0.39 is 10.1 Å². The largest absolute Gasteiger partial charge is 0.744 e. The first-order valence-electron chi connectivity index (χ1n) is 12.1. The molecule has 0 N–H and O–H groups in total. The van der Waals surface area contributed by atoms with Crippen LogP contribution >= 0.6 is 11.6 Å². The van der Waals surface area contributed by atoms with Gasteiger partial charge in [-0.1, -0.05) is 63.6 Å². The van der Waals surface area contributed by atoms with Crippen LogP contribution in [0.15, 0.2) is 29.2 Å². The molecular formula is C25H46ClNO3S. The molecule has 1 rings (SSSR count). The monoisotopic (exact) mass is 475 g/mol. The van der Waals surface area contributed by atoms with Crippen LogP contribution in [0.2, 0.25) is 0 Å². The van der Waals surface area contributed by atoms with Gasteiger partial charge in [0.15, 0.2) is 0 Å². The number of benzene rings is 1. The topological polar surface area (TPSA) is 57.2 Å². The second kappa shape index (κ2) is 17.9. The Balaban J connectivity index is 0.000000683. The van der Waals surface area contributed by atoms with Crippen molar-refractivity contribution in [3.05, 3.63) is 29.8 Å². The summed E-state index contributed by atoms with van der Waals surface area (Å²) in [6.45, 7) is 10.5. The maximum atomic E-state index is 10.4. The van der Waals surface area contributed by atoms with E-state index in [1.807, 2.05) is 6.92 Å². The second-order valence-electron chi connectivity index (χ2n) is 8.93. The summed E-state index contributed by atoms with van der Waals surface area (Å²) in [4.78, 5) is -0.178. The van der Waals surface area contributed by atoms with E-state index in [1.54, 1.807) is 12.1 Å². The van der Waals surface area contributed by atoms with E-state index in [0.717, 1.165) is 11.4 Å². The van der Waals surface area contributed by atoms with Crippen molar-refractivity contribution in [1.82, 2.24) is 0 Å². The fourth-order valence-corrected chi connectivity index (χ4v) is 4.30. The molecule has 0 saturated heterocycles. The number of rotatable bonds is 16. The summed E-state index contributed by atoms with van der Waals surface area (Å²) in [5.74, 6) is 0.825. The Kier molecular flexibility index (Phi) is 17.5. The molecular weight excluding hydrogens is 430 g/mol. The normalized spacial score (nSPS) is 13.4. The molecule has 0 aliphatic carbocycles. The first-order valence-corrected chi connectivity index (χ1v) is 14.0. The van der Waals surface area contributed by atoms with Gasteiger partial charge in [0.25, 0.3) is 0 Å². The summed E-state index contributed by atoms with van der Waals surface area (Å²) in [5, 5.41) is 0. The highest BCUT2D eigenvalue weighted by Crippen LogP contribution is 2.14. The van der Waals surface area contributed by atoms with E-state index in [9.17, 15) is 13.0 Å². The lowest BCUT2D eigenvalue weighted by Crippen LogP contribution is -2.46. The molecule has 0 bridgehead atoms. The molecule has 4 nitrogen and oxygen atoms in total. The SMILES string of the molecule is CCCCCCCC[N+](C)(CCCCC)CCCCCl.Cc1ccc(S(=O)(=O)[O-])cc1. The third-order valence-electron chi connectivity index (χ3n) is 5.74. The summed E-state index contributed by atoms with van der Waals surface area (Å²) in [7, 11) is -1.80. The highest BCUT2D eigenvalue weighted by molar-refractivity contribution is 7.85. The van der Waals surface area contributed by atoms with Gasteiger partial charge < -0.3 is 9.04 Å². The van der Waals surface area contributed by atoms with Crippen LogP contribution in [0.4, 0.5) is 0 Å². The Hall–Kier alpha value is -0.620. The lowest BCUT2D eigenvalue weighted by molar-refractivity contribution is -0.910. The van der Waals surface area contributed by atoms with Gasteiger partial charge in [0.1, 0.15) is 10.1 Å². The van der Waals surface area contributed by atoms with Crippen molar-refractivity contribution in [3.63, 3.8) is 0 Å². The Morgan fingerprint density at radius 2 is 1.19 bits per heavy atom. The van der Waals surface area contributed by atoms with Gasteiger partial charge in [0.2, 0.25) is 0 Å². The number of unbranched alkanes of at least 4 members (excludes halogenated alkanes) is 8. The number of halogens is 1. The molecule has 1 atom stereocenters.